The lowest BCUT2D eigenvalue weighted by atomic mass is 9.95. The minimum absolute atomic E-state index is 0.354. The molecule has 0 radical (unpaired) electrons. The molecule has 0 spiro atoms. The van der Waals surface area contributed by atoms with Gasteiger partial charge >= 0.3 is 6.09 Å². The molecule has 1 fully saturated rings. The molecule has 2 aromatic rings. The minimum atomic E-state index is -0.790. The fourth-order valence-corrected chi connectivity index (χ4v) is 3.69. The van der Waals surface area contributed by atoms with E-state index in [1.807, 2.05) is 62.4 Å². The zero-order chi connectivity index (χ0) is 20.3. The fraction of sp³-hybridized carbons (Fsp3) is 0.190. The summed E-state index contributed by atoms with van der Waals surface area (Å²) in [5, 5.41) is 1.88. The molecule has 0 aromatic heterocycles. The molecular formula is C21H20N2O4S. The van der Waals surface area contributed by atoms with E-state index in [4.69, 9.17) is 10.5 Å². The van der Waals surface area contributed by atoms with Gasteiger partial charge in [0, 0.05) is 6.42 Å². The second-order valence-corrected chi connectivity index (χ2v) is 8.05. The molecule has 2 aromatic carbocycles. The summed E-state index contributed by atoms with van der Waals surface area (Å²) >= 11 is 0.897. The summed E-state index contributed by atoms with van der Waals surface area (Å²) in [6.07, 6.45) is 1.44. The van der Waals surface area contributed by atoms with E-state index in [2.05, 4.69) is 5.32 Å². The number of amides is 3. The molecule has 0 saturated carbocycles. The summed E-state index contributed by atoms with van der Waals surface area (Å²) < 4.78 is 5.16. The number of primary amides is 1. The van der Waals surface area contributed by atoms with Crippen molar-refractivity contribution in [3.05, 3.63) is 64.6 Å². The third kappa shape index (κ3) is 5.01. The number of nitrogens with two attached hydrogens (primary N) is 1. The number of carbonyl (C=O) groups excluding carboxylic acids is 3. The Kier molecular flexibility index (Phi) is 5.56. The molecule has 1 saturated heterocycles. The zero-order valence-electron chi connectivity index (χ0n) is 15.5. The molecule has 0 atom stereocenters. The Bertz CT molecular complexity index is 965. The Morgan fingerprint density at radius 3 is 2.46 bits per heavy atom. The predicted octanol–water partition coefficient (Wildman–Crippen LogP) is 4.09. The van der Waals surface area contributed by atoms with Gasteiger partial charge in [-0.25, -0.2) is 4.79 Å². The van der Waals surface area contributed by atoms with Crippen molar-refractivity contribution >= 4 is 35.1 Å². The maximum Gasteiger partial charge on any atom is 0.405 e. The van der Waals surface area contributed by atoms with Crippen LogP contribution in [-0.4, -0.2) is 22.8 Å². The second-order valence-electron chi connectivity index (χ2n) is 7.03. The fourth-order valence-electron chi connectivity index (χ4n) is 3.01. The molecule has 0 bridgehead atoms. The third-order valence-corrected chi connectivity index (χ3v) is 4.93. The van der Waals surface area contributed by atoms with Gasteiger partial charge in [0.15, 0.2) is 0 Å². The number of ether oxygens (including phenoxy) is 1. The number of benzene rings is 2. The molecular weight excluding hydrogens is 376 g/mol. The van der Waals surface area contributed by atoms with Gasteiger partial charge in [-0.1, -0.05) is 48.5 Å². The lowest BCUT2D eigenvalue weighted by Gasteiger charge is -2.24. The Morgan fingerprint density at radius 2 is 1.86 bits per heavy atom. The van der Waals surface area contributed by atoms with Gasteiger partial charge in [0.25, 0.3) is 11.1 Å². The molecule has 0 unspecified atom stereocenters. The predicted molar refractivity (Wildman–Crippen MR) is 109 cm³/mol. The van der Waals surface area contributed by atoms with Crippen molar-refractivity contribution in [1.82, 2.24) is 5.32 Å². The van der Waals surface area contributed by atoms with Gasteiger partial charge < -0.3 is 10.5 Å². The van der Waals surface area contributed by atoms with E-state index in [9.17, 15) is 14.4 Å². The van der Waals surface area contributed by atoms with Crippen molar-refractivity contribution in [2.24, 2.45) is 5.73 Å². The topological polar surface area (TPSA) is 98.5 Å². The van der Waals surface area contributed by atoms with Gasteiger partial charge in [0.05, 0.1) is 4.91 Å². The monoisotopic (exact) mass is 396 g/mol. The van der Waals surface area contributed by atoms with Crippen LogP contribution in [0.3, 0.4) is 0 Å². The quantitative estimate of drug-likeness (QED) is 0.742. The average molecular weight is 396 g/mol. The van der Waals surface area contributed by atoms with Crippen molar-refractivity contribution < 1.29 is 19.1 Å². The Labute approximate surface area is 167 Å². The van der Waals surface area contributed by atoms with E-state index >= 15 is 0 Å². The van der Waals surface area contributed by atoms with Crippen LogP contribution in [0.5, 0.6) is 0 Å². The average Bonchev–Trinajstić information content (AvgIpc) is 2.91. The zero-order valence-corrected chi connectivity index (χ0v) is 16.3. The van der Waals surface area contributed by atoms with Crippen molar-refractivity contribution in [2.75, 3.05) is 0 Å². The largest absolute Gasteiger partial charge is 0.443 e. The molecule has 3 rings (SSSR count). The molecule has 6 nitrogen and oxygen atoms in total. The van der Waals surface area contributed by atoms with Gasteiger partial charge in [-0.15, -0.1) is 0 Å². The Morgan fingerprint density at radius 1 is 1.14 bits per heavy atom. The van der Waals surface area contributed by atoms with E-state index < -0.39 is 11.7 Å². The molecule has 0 aliphatic carbocycles. The second kappa shape index (κ2) is 7.90. The number of hydrogen-bond donors (Lipinski definition) is 2. The van der Waals surface area contributed by atoms with E-state index in [0.29, 0.717) is 11.3 Å². The number of rotatable bonds is 5. The lowest BCUT2D eigenvalue weighted by molar-refractivity contribution is -0.115. The third-order valence-electron chi connectivity index (χ3n) is 4.12. The van der Waals surface area contributed by atoms with Crippen molar-refractivity contribution in [3.8, 4) is 11.1 Å². The molecule has 144 valence electrons. The highest BCUT2D eigenvalue weighted by Gasteiger charge is 2.25. The van der Waals surface area contributed by atoms with Crippen LogP contribution in [0.1, 0.15) is 25.0 Å². The van der Waals surface area contributed by atoms with E-state index in [0.717, 1.165) is 34.0 Å². The van der Waals surface area contributed by atoms with Crippen LogP contribution < -0.4 is 11.1 Å². The summed E-state index contributed by atoms with van der Waals surface area (Å²) in [5.41, 5.74) is 8.33. The molecule has 1 heterocycles. The van der Waals surface area contributed by atoms with Crippen LogP contribution in [-0.2, 0) is 16.0 Å². The first-order chi connectivity index (χ1) is 13.2. The van der Waals surface area contributed by atoms with Gasteiger partial charge in [0.2, 0.25) is 0 Å². The number of nitrogens with one attached hydrogen (secondary N) is 1. The normalized spacial score (nSPS) is 15.6. The van der Waals surface area contributed by atoms with Gasteiger partial charge in [0.1, 0.15) is 5.60 Å². The Balaban J connectivity index is 1.77. The summed E-state index contributed by atoms with van der Waals surface area (Å²) in [6, 6.07) is 15.7. The van der Waals surface area contributed by atoms with Crippen molar-refractivity contribution in [2.45, 2.75) is 25.9 Å². The van der Waals surface area contributed by atoms with Crippen LogP contribution in [0.15, 0.2) is 53.4 Å². The molecule has 1 aliphatic rings. The molecule has 28 heavy (non-hydrogen) atoms. The molecule has 3 N–H and O–H groups in total. The maximum atomic E-state index is 11.6. The van der Waals surface area contributed by atoms with Gasteiger partial charge in [-0.3, -0.25) is 14.9 Å². The van der Waals surface area contributed by atoms with Crippen molar-refractivity contribution in [3.63, 3.8) is 0 Å². The number of hydrogen-bond acceptors (Lipinski definition) is 5. The van der Waals surface area contributed by atoms with Crippen LogP contribution in [0.4, 0.5) is 9.59 Å². The number of carbonyl (C=O) groups is 3. The summed E-state index contributed by atoms with van der Waals surface area (Å²) in [4.78, 5) is 34.3. The van der Waals surface area contributed by atoms with Crippen LogP contribution in [0.2, 0.25) is 0 Å². The first-order valence-electron chi connectivity index (χ1n) is 8.64. The van der Waals surface area contributed by atoms with E-state index in [1.54, 1.807) is 6.08 Å². The maximum absolute atomic E-state index is 11.6. The first kappa shape index (κ1) is 19.7. The van der Waals surface area contributed by atoms with Gasteiger partial charge in [-0.2, -0.15) is 0 Å². The summed E-state index contributed by atoms with van der Waals surface area (Å²) in [7, 11) is 0. The summed E-state index contributed by atoms with van der Waals surface area (Å²) in [5.74, 6) is -0.368. The van der Waals surface area contributed by atoms with Crippen LogP contribution in [0.25, 0.3) is 17.2 Å². The molecule has 7 heteroatoms. The molecule has 3 amide bonds. The number of imide groups is 1. The highest BCUT2D eigenvalue weighted by atomic mass is 32.2. The number of thioether (sulfide) groups is 1. The first-order valence-corrected chi connectivity index (χ1v) is 9.46. The lowest BCUT2D eigenvalue weighted by Crippen LogP contribution is -2.33. The smallest absolute Gasteiger partial charge is 0.405 e. The SMILES string of the molecule is CC(C)(Cc1cccc(-c2ccc(C=C3SC(=O)NC3=O)cc2)c1)OC(N)=O. The van der Waals surface area contributed by atoms with Crippen LogP contribution >= 0.6 is 11.8 Å². The van der Waals surface area contributed by atoms with E-state index in [1.165, 1.54) is 0 Å². The summed E-state index contributed by atoms with van der Waals surface area (Å²) in [6.45, 7) is 3.63. The van der Waals surface area contributed by atoms with Crippen LogP contribution in [0, 0.1) is 0 Å². The van der Waals surface area contributed by atoms with E-state index in [-0.39, 0.29) is 11.1 Å². The Hall–Kier alpha value is -3.06. The highest BCUT2D eigenvalue weighted by molar-refractivity contribution is 8.18. The minimum Gasteiger partial charge on any atom is -0.443 e. The highest BCUT2D eigenvalue weighted by Crippen LogP contribution is 2.27. The molecule has 1 aliphatic heterocycles. The standard InChI is InChI=1S/C21H20N2O4S/c1-21(2,27-19(22)25)12-14-4-3-5-16(10-14)15-8-6-13(7-9-15)11-17-18(24)23-20(26)28-17/h3-11H,12H2,1-2H3,(H2,22,25)(H,23,24,26). The van der Waals surface area contributed by atoms with Gasteiger partial charge in [-0.05, 0) is 53.9 Å². The van der Waals surface area contributed by atoms with Crippen molar-refractivity contribution in [1.29, 1.82) is 0 Å².